The first-order chi connectivity index (χ1) is 8.63. The van der Waals surface area contributed by atoms with Crippen LogP contribution in [-0.2, 0) is 4.79 Å². The number of carboxylic acid groups (broad SMARTS) is 1. The van der Waals surface area contributed by atoms with E-state index in [1.807, 2.05) is 0 Å². The lowest BCUT2D eigenvalue weighted by molar-refractivity contribution is -0.137. The number of carbonyl (C=O) groups is 2. The summed E-state index contributed by atoms with van der Waals surface area (Å²) in [7, 11) is 0. The summed E-state index contributed by atoms with van der Waals surface area (Å²) in [4.78, 5) is 23.9. The summed E-state index contributed by atoms with van der Waals surface area (Å²) in [6.07, 6.45) is 3.23. The van der Waals surface area contributed by atoms with E-state index in [4.69, 9.17) is 10.2 Å². The van der Waals surface area contributed by atoms with Gasteiger partial charge in [0.2, 0.25) is 0 Å². The fraction of sp³-hybridized carbons (Fsp3) is 0.833. The van der Waals surface area contributed by atoms with Crippen molar-refractivity contribution in [1.29, 1.82) is 0 Å². The highest BCUT2D eigenvalue weighted by atomic mass is 16.4. The topological polar surface area (TPSA) is 89.9 Å². The van der Waals surface area contributed by atoms with Crippen molar-refractivity contribution in [2.75, 3.05) is 26.2 Å². The SMILES string of the molecule is O=C(O)CCCNC(=O)N1CCCC(CO)CC1. The Labute approximate surface area is 107 Å². The number of aliphatic carboxylic acids is 1. The van der Waals surface area contributed by atoms with Gasteiger partial charge in [-0.15, -0.1) is 0 Å². The first kappa shape index (κ1) is 14.8. The van der Waals surface area contributed by atoms with Gasteiger partial charge in [-0.1, -0.05) is 0 Å². The second-order valence-corrected chi connectivity index (χ2v) is 4.70. The monoisotopic (exact) mass is 258 g/mol. The summed E-state index contributed by atoms with van der Waals surface area (Å²) in [5.41, 5.74) is 0. The van der Waals surface area contributed by atoms with Gasteiger partial charge in [-0.2, -0.15) is 0 Å². The molecule has 0 bridgehead atoms. The summed E-state index contributed by atoms with van der Waals surface area (Å²) in [5, 5.41) is 20.3. The van der Waals surface area contributed by atoms with Crippen LogP contribution < -0.4 is 5.32 Å². The molecule has 1 heterocycles. The predicted octanol–water partition coefficient (Wildman–Crippen LogP) is 0.655. The second kappa shape index (κ2) is 7.92. The summed E-state index contributed by atoms with van der Waals surface area (Å²) >= 11 is 0. The molecule has 2 amide bonds. The average molecular weight is 258 g/mol. The van der Waals surface area contributed by atoms with Gasteiger partial charge in [-0.25, -0.2) is 4.79 Å². The molecule has 0 aromatic rings. The Morgan fingerprint density at radius 1 is 1.28 bits per heavy atom. The van der Waals surface area contributed by atoms with Gasteiger partial charge in [0.05, 0.1) is 0 Å². The highest BCUT2D eigenvalue weighted by Gasteiger charge is 2.19. The van der Waals surface area contributed by atoms with Crippen molar-refractivity contribution in [3.8, 4) is 0 Å². The van der Waals surface area contributed by atoms with E-state index < -0.39 is 5.97 Å². The Hall–Kier alpha value is -1.30. The molecule has 0 radical (unpaired) electrons. The summed E-state index contributed by atoms with van der Waals surface area (Å²) in [5.74, 6) is -0.542. The normalized spacial score (nSPS) is 20.3. The zero-order valence-electron chi connectivity index (χ0n) is 10.6. The van der Waals surface area contributed by atoms with Gasteiger partial charge < -0.3 is 20.4 Å². The van der Waals surface area contributed by atoms with Crippen LogP contribution in [0.15, 0.2) is 0 Å². The molecular weight excluding hydrogens is 236 g/mol. The Bertz CT molecular complexity index is 283. The number of carbonyl (C=O) groups excluding carboxylic acids is 1. The van der Waals surface area contributed by atoms with Crippen LogP contribution in [0.2, 0.25) is 0 Å². The maximum Gasteiger partial charge on any atom is 0.317 e. The van der Waals surface area contributed by atoms with Crippen molar-refractivity contribution in [2.45, 2.75) is 32.1 Å². The molecule has 1 aliphatic heterocycles. The van der Waals surface area contributed by atoms with Crippen molar-refractivity contribution >= 4 is 12.0 Å². The highest BCUT2D eigenvalue weighted by molar-refractivity contribution is 5.74. The van der Waals surface area contributed by atoms with Gasteiger partial charge in [0.1, 0.15) is 0 Å². The van der Waals surface area contributed by atoms with Gasteiger partial charge in [-0.05, 0) is 31.6 Å². The van der Waals surface area contributed by atoms with E-state index in [1.54, 1.807) is 4.90 Å². The minimum absolute atomic E-state index is 0.0763. The molecule has 0 aromatic heterocycles. The van der Waals surface area contributed by atoms with Crippen LogP contribution in [0.1, 0.15) is 32.1 Å². The van der Waals surface area contributed by atoms with Crippen molar-refractivity contribution in [3.63, 3.8) is 0 Å². The number of urea groups is 1. The smallest absolute Gasteiger partial charge is 0.317 e. The van der Waals surface area contributed by atoms with Crippen molar-refractivity contribution < 1.29 is 19.8 Å². The van der Waals surface area contributed by atoms with Gasteiger partial charge in [0.15, 0.2) is 0 Å². The average Bonchev–Trinajstić information content (AvgIpc) is 2.59. The third-order valence-electron chi connectivity index (χ3n) is 3.24. The van der Waals surface area contributed by atoms with Crippen LogP contribution in [0.3, 0.4) is 0 Å². The lowest BCUT2D eigenvalue weighted by atomic mass is 10.0. The zero-order valence-corrected chi connectivity index (χ0v) is 10.6. The molecule has 6 heteroatoms. The number of hydrogen-bond acceptors (Lipinski definition) is 3. The van der Waals surface area contributed by atoms with Gasteiger partial charge >= 0.3 is 12.0 Å². The molecule has 0 saturated carbocycles. The molecule has 0 spiro atoms. The van der Waals surface area contributed by atoms with Crippen LogP contribution in [0.4, 0.5) is 4.79 Å². The molecule has 1 fully saturated rings. The first-order valence-electron chi connectivity index (χ1n) is 6.49. The molecule has 3 N–H and O–H groups in total. The summed E-state index contributed by atoms with van der Waals surface area (Å²) in [6, 6.07) is -0.126. The maximum absolute atomic E-state index is 11.8. The number of aliphatic hydroxyl groups excluding tert-OH is 1. The van der Waals surface area contributed by atoms with E-state index in [-0.39, 0.29) is 19.1 Å². The number of rotatable bonds is 5. The first-order valence-corrected chi connectivity index (χ1v) is 6.49. The molecule has 18 heavy (non-hydrogen) atoms. The number of carboxylic acids is 1. The lowest BCUT2D eigenvalue weighted by Gasteiger charge is -2.21. The van der Waals surface area contributed by atoms with Crippen molar-refractivity contribution in [3.05, 3.63) is 0 Å². The lowest BCUT2D eigenvalue weighted by Crippen LogP contribution is -2.41. The minimum atomic E-state index is -0.843. The standard InChI is InChI=1S/C12H22N2O4/c15-9-10-3-2-7-14(8-5-10)12(18)13-6-1-4-11(16)17/h10,15H,1-9H2,(H,13,18)(H,16,17). The second-order valence-electron chi connectivity index (χ2n) is 4.70. The minimum Gasteiger partial charge on any atom is -0.481 e. The van der Waals surface area contributed by atoms with Gasteiger partial charge in [0, 0.05) is 32.7 Å². The molecule has 1 aliphatic rings. The number of aliphatic hydroxyl groups is 1. The molecule has 0 aromatic carbocycles. The van der Waals surface area contributed by atoms with E-state index >= 15 is 0 Å². The fourth-order valence-corrected chi connectivity index (χ4v) is 2.10. The quantitative estimate of drug-likeness (QED) is 0.632. The molecular formula is C12H22N2O4. The summed E-state index contributed by atoms with van der Waals surface area (Å²) < 4.78 is 0. The molecule has 0 aliphatic carbocycles. The molecule has 1 rings (SSSR count). The van der Waals surface area contributed by atoms with E-state index in [1.165, 1.54) is 0 Å². The molecule has 1 saturated heterocycles. The third kappa shape index (κ3) is 5.35. The van der Waals surface area contributed by atoms with Crippen LogP contribution in [0.25, 0.3) is 0 Å². The van der Waals surface area contributed by atoms with Gasteiger partial charge in [0.25, 0.3) is 0 Å². The van der Waals surface area contributed by atoms with E-state index in [2.05, 4.69) is 5.32 Å². The molecule has 104 valence electrons. The largest absolute Gasteiger partial charge is 0.481 e. The van der Waals surface area contributed by atoms with Gasteiger partial charge in [-0.3, -0.25) is 4.79 Å². The molecule has 1 unspecified atom stereocenters. The van der Waals surface area contributed by atoms with E-state index in [0.717, 1.165) is 19.3 Å². The van der Waals surface area contributed by atoms with Crippen molar-refractivity contribution in [1.82, 2.24) is 10.2 Å². The molecule has 1 atom stereocenters. The Kier molecular flexibility index (Phi) is 6.49. The predicted molar refractivity (Wildman–Crippen MR) is 66.3 cm³/mol. The Morgan fingerprint density at radius 3 is 2.72 bits per heavy atom. The van der Waals surface area contributed by atoms with Crippen molar-refractivity contribution in [2.24, 2.45) is 5.92 Å². The Balaban J connectivity index is 2.22. The maximum atomic E-state index is 11.8. The number of nitrogens with zero attached hydrogens (tertiary/aromatic N) is 1. The third-order valence-corrected chi connectivity index (χ3v) is 3.24. The summed E-state index contributed by atoms with van der Waals surface area (Å²) in [6.45, 7) is 1.95. The number of amides is 2. The molecule has 6 nitrogen and oxygen atoms in total. The zero-order chi connectivity index (χ0) is 13.4. The number of likely N-dealkylation sites (tertiary alicyclic amines) is 1. The van der Waals surface area contributed by atoms with Crippen LogP contribution in [0, 0.1) is 5.92 Å². The Morgan fingerprint density at radius 2 is 2.06 bits per heavy atom. The fourth-order valence-electron chi connectivity index (χ4n) is 2.10. The van der Waals surface area contributed by atoms with E-state index in [9.17, 15) is 9.59 Å². The van der Waals surface area contributed by atoms with Crippen LogP contribution in [0.5, 0.6) is 0 Å². The highest BCUT2D eigenvalue weighted by Crippen LogP contribution is 2.16. The van der Waals surface area contributed by atoms with Crippen LogP contribution >= 0.6 is 0 Å². The van der Waals surface area contributed by atoms with E-state index in [0.29, 0.717) is 32.0 Å². The number of nitrogens with one attached hydrogen (secondary N) is 1. The van der Waals surface area contributed by atoms with Crippen LogP contribution in [-0.4, -0.2) is 53.4 Å². The number of hydrogen-bond donors (Lipinski definition) is 3.